The number of aromatic hydroxyl groups is 1. The predicted molar refractivity (Wildman–Crippen MR) is 106 cm³/mol. The molecule has 0 aromatic heterocycles. The average Bonchev–Trinajstić information content (AvgIpc) is 2.60. The SMILES string of the molecule is CCCCNC(=O)C(c1ccccc1O)N(C)C(=O)CNC(=O)OC(C)(C)C. The second kappa shape index (κ2) is 10.5. The van der Waals surface area contributed by atoms with E-state index in [0.29, 0.717) is 12.1 Å². The van der Waals surface area contributed by atoms with E-state index in [1.807, 2.05) is 6.92 Å². The van der Waals surface area contributed by atoms with Crippen molar-refractivity contribution in [3.05, 3.63) is 29.8 Å². The minimum atomic E-state index is -1.02. The Morgan fingerprint density at radius 1 is 1.18 bits per heavy atom. The average molecular weight is 393 g/mol. The predicted octanol–water partition coefficient (Wildman–Crippen LogP) is 2.33. The number of benzene rings is 1. The molecule has 1 aromatic carbocycles. The summed E-state index contributed by atoms with van der Waals surface area (Å²) in [5.41, 5.74) is -0.374. The molecule has 0 aliphatic carbocycles. The number of nitrogens with one attached hydrogen (secondary N) is 2. The molecule has 0 spiro atoms. The van der Waals surface area contributed by atoms with Gasteiger partial charge in [-0.25, -0.2) is 4.79 Å². The molecular formula is C20H31N3O5. The molecule has 1 unspecified atom stereocenters. The van der Waals surface area contributed by atoms with E-state index in [0.717, 1.165) is 12.8 Å². The molecule has 0 radical (unpaired) electrons. The summed E-state index contributed by atoms with van der Waals surface area (Å²) in [4.78, 5) is 38.2. The monoisotopic (exact) mass is 393 g/mol. The molecule has 0 saturated heterocycles. The van der Waals surface area contributed by atoms with Crippen LogP contribution in [0.2, 0.25) is 0 Å². The van der Waals surface area contributed by atoms with Crippen molar-refractivity contribution in [3.8, 4) is 5.75 Å². The second-order valence-corrected chi connectivity index (χ2v) is 7.47. The van der Waals surface area contributed by atoms with Gasteiger partial charge < -0.3 is 25.4 Å². The minimum absolute atomic E-state index is 0.0853. The second-order valence-electron chi connectivity index (χ2n) is 7.47. The maximum Gasteiger partial charge on any atom is 0.408 e. The Morgan fingerprint density at radius 2 is 1.82 bits per heavy atom. The van der Waals surface area contributed by atoms with Crippen molar-refractivity contribution in [1.82, 2.24) is 15.5 Å². The van der Waals surface area contributed by atoms with Gasteiger partial charge in [0.05, 0.1) is 0 Å². The number of unbranched alkanes of at least 4 members (excludes halogenated alkanes) is 1. The topological polar surface area (TPSA) is 108 Å². The summed E-state index contributed by atoms with van der Waals surface area (Å²) >= 11 is 0. The van der Waals surface area contributed by atoms with Crippen LogP contribution in [0, 0.1) is 0 Å². The number of para-hydroxylation sites is 1. The number of hydrogen-bond donors (Lipinski definition) is 3. The summed E-state index contributed by atoms with van der Waals surface area (Å²) in [5, 5.41) is 15.3. The third-order valence-corrected chi connectivity index (χ3v) is 3.87. The van der Waals surface area contributed by atoms with Crippen molar-refractivity contribution < 1.29 is 24.2 Å². The zero-order valence-electron chi connectivity index (χ0n) is 17.2. The Labute approximate surface area is 166 Å². The van der Waals surface area contributed by atoms with Crippen LogP contribution in [0.3, 0.4) is 0 Å². The number of hydrogen-bond acceptors (Lipinski definition) is 5. The molecule has 8 heteroatoms. The third-order valence-electron chi connectivity index (χ3n) is 3.87. The number of phenolic OH excluding ortho intramolecular Hbond substituents is 1. The van der Waals surface area contributed by atoms with E-state index >= 15 is 0 Å². The van der Waals surface area contributed by atoms with E-state index in [1.54, 1.807) is 39.0 Å². The van der Waals surface area contributed by atoms with Gasteiger partial charge in [0.2, 0.25) is 11.8 Å². The quantitative estimate of drug-likeness (QED) is 0.588. The van der Waals surface area contributed by atoms with Crippen LogP contribution in [0.4, 0.5) is 4.79 Å². The summed E-state index contributed by atoms with van der Waals surface area (Å²) in [6.45, 7) is 7.29. The molecule has 0 fully saturated rings. The van der Waals surface area contributed by atoms with Gasteiger partial charge in [0.25, 0.3) is 0 Å². The number of carbonyl (C=O) groups excluding carboxylic acids is 3. The van der Waals surface area contributed by atoms with Crippen molar-refractivity contribution in [2.75, 3.05) is 20.1 Å². The molecular weight excluding hydrogens is 362 g/mol. The number of nitrogens with zero attached hydrogens (tertiary/aromatic N) is 1. The Bertz CT molecular complexity index is 685. The first-order chi connectivity index (χ1) is 13.1. The van der Waals surface area contributed by atoms with Gasteiger partial charge in [0.15, 0.2) is 0 Å². The number of alkyl carbamates (subject to hydrolysis) is 1. The van der Waals surface area contributed by atoms with Gasteiger partial charge in [-0.3, -0.25) is 9.59 Å². The molecule has 3 N–H and O–H groups in total. The normalized spacial score (nSPS) is 12.0. The molecule has 28 heavy (non-hydrogen) atoms. The highest BCUT2D eigenvalue weighted by molar-refractivity contribution is 5.90. The number of amides is 3. The van der Waals surface area contributed by atoms with Gasteiger partial charge in [0.1, 0.15) is 23.9 Å². The fourth-order valence-electron chi connectivity index (χ4n) is 2.46. The molecule has 1 aromatic rings. The standard InChI is InChI=1S/C20H31N3O5/c1-6-7-12-21-18(26)17(14-10-8-9-11-15(14)24)23(5)16(25)13-22-19(27)28-20(2,3)4/h8-11,17,24H,6-7,12-13H2,1-5H3,(H,21,26)(H,22,27). The number of carbonyl (C=O) groups is 3. The van der Waals surface area contributed by atoms with Gasteiger partial charge in [-0.15, -0.1) is 0 Å². The summed E-state index contributed by atoms with van der Waals surface area (Å²) in [5.74, 6) is -0.981. The maximum absolute atomic E-state index is 12.7. The number of rotatable bonds is 8. The maximum atomic E-state index is 12.7. The molecule has 156 valence electrons. The summed E-state index contributed by atoms with van der Waals surface area (Å²) in [7, 11) is 1.45. The summed E-state index contributed by atoms with van der Waals surface area (Å²) < 4.78 is 5.10. The zero-order valence-corrected chi connectivity index (χ0v) is 17.2. The largest absolute Gasteiger partial charge is 0.508 e. The van der Waals surface area contributed by atoms with Gasteiger partial charge in [-0.1, -0.05) is 31.5 Å². The van der Waals surface area contributed by atoms with Crippen molar-refractivity contribution in [2.24, 2.45) is 0 Å². The molecule has 0 heterocycles. The molecule has 0 bridgehead atoms. The lowest BCUT2D eigenvalue weighted by molar-refractivity contribution is -0.138. The van der Waals surface area contributed by atoms with Crippen LogP contribution < -0.4 is 10.6 Å². The van der Waals surface area contributed by atoms with Crippen LogP contribution in [0.25, 0.3) is 0 Å². The van der Waals surface area contributed by atoms with Gasteiger partial charge in [0, 0.05) is 19.2 Å². The zero-order chi connectivity index (χ0) is 21.3. The molecule has 8 nitrogen and oxygen atoms in total. The summed E-state index contributed by atoms with van der Waals surface area (Å²) in [6.07, 6.45) is 0.994. The van der Waals surface area contributed by atoms with E-state index in [2.05, 4.69) is 10.6 Å². The van der Waals surface area contributed by atoms with Crippen LogP contribution >= 0.6 is 0 Å². The van der Waals surface area contributed by atoms with Gasteiger partial charge >= 0.3 is 6.09 Å². The molecule has 3 amide bonds. The Morgan fingerprint density at radius 3 is 2.39 bits per heavy atom. The Balaban J connectivity index is 2.90. The van der Waals surface area contributed by atoms with Crippen LogP contribution in [0.15, 0.2) is 24.3 Å². The van der Waals surface area contributed by atoms with Crippen LogP contribution in [-0.4, -0.2) is 53.7 Å². The van der Waals surface area contributed by atoms with E-state index in [-0.39, 0.29) is 12.3 Å². The van der Waals surface area contributed by atoms with Crippen LogP contribution in [-0.2, 0) is 14.3 Å². The minimum Gasteiger partial charge on any atom is -0.508 e. The van der Waals surface area contributed by atoms with E-state index < -0.39 is 29.6 Å². The highest BCUT2D eigenvalue weighted by Gasteiger charge is 2.30. The van der Waals surface area contributed by atoms with E-state index in [1.165, 1.54) is 18.0 Å². The fraction of sp³-hybridized carbons (Fsp3) is 0.550. The molecule has 1 atom stereocenters. The van der Waals surface area contributed by atoms with Crippen molar-refractivity contribution in [1.29, 1.82) is 0 Å². The molecule has 0 aliphatic heterocycles. The third kappa shape index (κ3) is 7.46. The molecule has 1 rings (SSSR count). The van der Waals surface area contributed by atoms with Crippen LogP contribution in [0.5, 0.6) is 5.75 Å². The lowest BCUT2D eigenvalue weighted by atomic mass is 10.0. The first-order valence-electron chi connectivity index (χ1n) is 9.35. The van der Waals surface area contributed by atoms with Crippen molar-refractivity contribution in [2.45, 2.75) is 52.2 Å². The number of phenols is 1. The highest BCUT2D eigenvalue weighted by atomic mass is 16.6. The van der Waals surface area contributed by atoms with E-state index in [9.17, 15) is 19.5 Å². The molecule has 0 saturated carbocycles. The first kappa shape index (κ1) is 23.3. The lowest BCUT2D eigenvalue weighted by Crippen LogP contribution is -2.46. The Kier molecular flexibility index (Phi) is 8.76. The Hall–Kier alpha value is -2.77. The van der Waals surface area contributed by atoms with Gasteiger partial charge in [-0.2, -0.15) is 0 Å². The fourth-order valence-corrected chi connectivity index (χ4v) is 2.46. The number of likely N-dealkylation sites (N-methyl/N-ethyl adjacent to an activating group) is 1. The van der Waals surface area contributed by atoms with Crippen molar-refractivity contribution in [3.63, 3.8) is 0 Å². The summed E-state index contributed by atoms with van der Waals surface area (Å²) in [6, 6.07) is 5.34. The first-order valence-corrected chi connectivity index (χ1v) is 9.35. The van der Waals surface area contributed by atoms with Crippen LogP contribution in [0.1, 0.15) is 52.1 Å². The van der Waals surface area contributed by atoms with Gasteiger partial charge in [-0.05, 0) is 33.3 Å². The molecule has 0 aliphatic rings. The highest BCUT2D eigenvalue weighted by Crippen LogP contribution is 2.28. The lowest BCUT2D eigenvalue weighted by Gasteiger charge is -2.28. The van der Waals surface area contributed by atoms with Crippen molar-refractivity contribution >= 4 is 17.9 Å². The smallest absolute Gasteiger partial charge is 0.408 e. The van der Waals surface area contributed by atoms with E-state index in [4.69, 9.17) is 4.74 Å². The number of ether oxygens (including phenoxy) is 1.